The van der Waals surface area contributed by atoms with Crippen LogP contribution in [-0.2, 0) is 4.79 Å². The number of hydrogen-bond donors (Lipinski definition) is 2. The van der Waals surface area contributed by atoms with Crippen LogP contribution in [-0.4, -0.2) is 36.5 Å². The van der Waals surface area contributed by atoms with Crippen molar-refractivity contribution in [2.24, 2.45) is 0 Å². The third-order valence-electron chi connectivity index (χ3n) is 3.05. The molecule has 6 nitrogen and oxygen atoms in total. The largest absolute Gasteiger partial charge is 0.480 e. The molecule has 2 N–H and O–H groups in total. The lowest BCUT2D eigenvalue weighted by atomic mass is 10.1. The standard InChI is InChI=1S/C13H17N3O3/c1-19-13-9(5-4-8-15-13)11(17)16-10-6-2-3-7-14-12(10)18/h4-5,8,10H,2-3,6-7H2,1H3,(H,14,18)(H,16,17). The van der Waals surface area contributed by atoms with E-state index in [0.717, 1.165) is 12.8 Å². The molecular formula is C13H17N3O3. The number of nitrogens with zero attached hydrogens (tertiary/aromatic N) is 1. The summed E-state index contributed by atoms with van der Waals surface area (Å²) >= 11 is 0. The Morgan fingerprint density at radius 1 is 1.53 bits per heavy atom. The third-order valence-corrected chi connectivity index (χ3v) is 3.05. The molecule has 0 bridgehead atoms. The van der Waals surface area contributed by atoms with Crippen LogP contribution < -0.4 is 15.4 Å². The van der Waals surface area contributed by atoms with Crippen molar-refractivity contribution >= 4 is 11.8 Å². The number of nitrogens with one attached hydrogen (secondary N) is 2. The van der Waals surface area contributed by atoms with Gasteiger partial charge in [-0.1, -0.05) is 0 Å². The van der Waals surface area contributed by atoms with Gasteiger partial charge in [-0.25, -0.2) is 4.98 Å². The predicted molar refractivity (Wildman–Crippen MR) is 68.9 cm³/mol. The van der Waals surface area contributed by atoms with Gasteiger partial charge < -0.3 is 15.4 Å². The number of ether oxygens (including phenoxy) is 1. The zero-order valence-corrected chi connectivity index (χ0v) is 10.8. The number of hydrogen-bond acceptors (Lipinski definition) is 4. The second-order valence-corrected chi connectivity index (χ2v) is 4.37. The number of methoxy groups -OCH3 is 1. The molecule has 0 aromatic carbocycles. The van der Waals surface area contributed by atoms with Crippen LogP contribution in [0.15, 0.2) is 18.3 Å². The first-order chi connectivity index (χ1) is 9.22. The fraction of sp³-hybridized carbons (Fsp3) is 0.462. The highest BCUT2D eigenvalue weighted by Crippen LogP contribution is 2.14. The second-order valence-electron chi connectivity index (χ2n) is 4.37. The summed E-state index contributed by atoms with van der Waals surface area (Å²) in [6, 6.07) is 2.79. The summed E-state index contributed by atoms with van der Waals surface area (Å²) in [6.45, 7) is 0.668. The van der Waals surface area contributed by atoms with Gasteiger partial charge in [0.1, 0.15) is 11.6 Å². The quantitative estimate of drug-likeness (QED) is 0.831. The summed E-state index contributed by atoms with van der Waals surface area (Å²) in [7, 11) is 1.46. The van der Waals surface area contributed by atoms with Crippen LogP contribution in [0.5, 0.6) is 5.88 Å². The van der Waals surface area contributed by atoms with Crippen molar-refractivity contribution in [3.8, 4) is 5.88 Å². The van der Waals surface area contributed by atoms with Crippen LogP contribution in [0.3, 0.4) is 0 Å². The van der Waals surface area contributed by atoms with Crippen molar-refractivity contribution in [1.29, 1.82) is 0 Å². The molecular weight excluding hydrogens is 246 g/mol. The number of aromatic nitrogens is 1. The van der Waals surface area contributed by atoms with Crippen LogP contribution in [0.25, 0.3) is 0 Å². The van der Waals surface area contributed by atoms with Crippen molar-refractivity contribution in [3.63, 3.8) is 0 Å². The maximum atomic E-state index is 12.1. The highest BCUT2D eigenvalue weighted by Gasteiger charge is 2.24. The molecule has 2 heterocycles. The summed E-state index contributed by atoms with van der Waals surface area (Å²) in [4.78, 5) is 27.9. The van der Waals surface area contributed by atoms with E-state index in [0.29, 0.717) is 18.5 Å². The first-order valence-electron chi connectivity index (χ1n) is 6.30. The van der Waals surface area contributed by atoms with Crippen LogP contribution in [0.2, 0.25) is 0 Å². The van der Waals surface area contributed by atoms with Gasteiger partial charge in [0.05, 0.1) is 7.11 Å². The zero-order chi connectivity index (χ0) is 13.7. The topological polar surface area (TPSA) is 80.3 Å². The Morgan fingerprint density at radius 2 is 2.37 bits per heavy atom. The first kappa shape index (κ1) is 13.3. The Labute approximate surface area is 111 Å². The average molecular weight is 263 g/mol. The Morgan fingerprint density at radius 3 is 3.16 bits per heavy atom. The minimum Gasteiger partial charge on any atom is -0.480 e. The molecule has 19 heavy (non-hydrogen) atoms. The third kappa shape index (κ3) is 3.21. The van der Waals surface area contributed by atoms with Gasteiger partial charge in [0, 0.05) is 12.7 Å². The molecule has 0 aliphatic carbocycles. The molecule has 6 heteroatoms. The van der Waals surface area contributed by atoms with E-state index in [9.17, 15) is 9.59 Å². The Hall–Kier alpha value is -2.11. The molecule has 2 rings (SSSR count). The van der Waals surface area contributed by atoms with Gasteiger partial charge in [-0.2, -0.15) is 0 Å². The van der Waals surface area contributed by atoms with Gasteiger partial charge in [0.15, 0.2) is 0 Å². The average Bonchev–Trinajstić information content (AvgIpc) is 2.64. The maximum Gasteiger partial charge on any atom is 0.257 e. The number of pyridine rings is 1. The minimum atomic E-state index is -0.486. The number of carbonyl (C=O) groups is 2. The van der Waals surface area contributed by atoms with Crippen molar-refractivity contribution in [1.82, 2.24) is 15.6 Å². The number of amides is 2. The lowest BCUT2D eigenvalue weighted by Gasteiger charge is -2.15. The molecule has 1 aromatic rings. The number of carbonyl (C=O) groups excluding carboxylic acids is 2. The summed E-state index contributed by atoms with van der Waals surface area (Å²) in [5.74, 6) is -0.213. The van der Waals surface area contributed by atoms with Crippen molar-refractivity contribution in [2.45, 2.75) is 25.3 Å². The second kappa shape index (κ2) is 6.17. The fourth-order valence-corrected chi connectivity index (χ4v) is 2.04. The molecule has 1 fully saturated rings. The molecule has 1 atom stereocenters. The summed E-state index contributed by atoms with van der Waals surface area (Å²) in [6.07, 6.45) is 4.05. The molecule has 0 saturated carbocycles. The molecule has 1 aromatic heterocycles. The summed E-state index contributed by atoms with van der Waals surface area (Å²) < 4.78 is 5.03. The lowest BCUT2D eigenvalue weighted by molar-refractivity contribution is -0.122. The Bertz CT molecular complexity index is 476. The molecule has 1 unspecified atom stereocenters. The summed E-state index contributed by atoms with van der Waals surface area (Å²) in [5, 5.41) is 5.51. The van der Waals surface area contributed by atoms with Crippen LogP contribution in [0.1, 0.15) is 29.6 Å². The van der Waals surface area contributed by atoms with Crippen molar-refractivity contribution in [2.75, 3.05) is 13.7 Å². The lowest BCUT2D eigenvalue weighted by Crippen LogP contribution is -2.45. The van der Waals surface area contributed by atoms with Crippen LogP contribution in [0.4, 0.5) is 0 Å². The van der Waals surface area contributed by atoms with Gasteiger partial charge in [-0.3, -0.25) is 9.59 Å². The molecule has 0 spiro atoms. The Balaban J connectivity index is 2.09. The SMILES string of the molecule is COc1ncccc1C(=O)NC1CCCCNC1=O. The van der Waals surface area contributed by atoms with Gasteiger partial charge in [0.25, 0.3) is 5.91 Å². The monoisotopic (exact) mass is 263 g/mol. The van der Waals surface area contributed by atoms with E-state index in [2.05, 4.69) is 15.6 Å². The normalized spacial score (nSPS) is 19.2. The van der Waals surface area contributed by atoms with Gasteiger partial charge >= 0.3 is 0 Å². The first-order valence-corrected chi connectivity index (χ1v) is 6.30. The predicted octanol–water partition coefficient (Wildman–Crippen LogP) is 0.489. The molecule has 0 radical (unpaired) electrons. The van der Waals surface area contributed by atoms with Crippen molar-refractivity contribution in [3.05, 3.63) is 23.9 Å². The van der Waals surface area contributed by atoms with E-state index in [1.165, 1.54) is 7.11 Å². The highest BCUT2D eigenvalue weighted by molar-refractivity contribution is 5.99. The molecule has 2 amide bonds. The van der Waals surface area contributed by atoms with E-state index in [1.807, 2.05) is 0 Å². The van der Waals surface area contributed by atoms with Crippen LogP contribution >= 0.6 is 0 Å². The highest BCUT2D eigenvalue weighted by atomic mass is 16.5. The maximum absolute atomic E-state index is 12.1. The zero-order valence-electron chi connectivity index (χ0n) is 10.8. The summed E-state index contributed by atoms with van der Waals surface area (Å²) in [5.41, 5.74) is 0.335. The van der Waals surface area contributed by atoms with E-state index in [-0.39, 0.29) is 17.7 Å². The van der Waals surface area contributed by atoms with E-state index in [4.69, 9.17) is 4.74 Å². The van der Waals surface area contributed by atoms with Gasteiger partial charge in [-0.05, 0) is 31.4 Å². The van der Waals surface area contributed by atoms with E-state index in [1.54, 1.807) is 18.3 Å². The Kier molecular flexibility index (Phi) is 4.33. The molecule has 1 saturated heterocycles. The van der Waals surface area contributed by atoms with Crippen molar-refractivity contribution < 1.29 is 14.3 Å². The molecule has 1 aliphatic rings. The minimum absolute atomic E-state index is 0.131. The van der Waals surface area contributed by atoms with E-state index < -0.39 is 6.04 Å². The van der Waals surface area contributed by atoms with Gasteiger partial charge in [-0.15, -0.1) is 0 Å². The molecule has 102 valence electrons. The van der Waals surface area contributed by atoms with E-state index >= 15 is 0 Å². The number of rotatable bonds is 3. The smallest absolute Gasteiger partial charge is 0.257 e. The van der Waals surface area contributed by atoms with Gasteiger partial charge in [0.2, 0.25) is 11.8 Å². The fourth-order valence-electron chi connectivity index (χ4n) is 2.04. The molecule has 1 aliphatic heterocycles. The van der Waals surface area contributed by atoms with Crippen LogP contribution in [0, 0.1) is 0 Å².